The second-order valence-electron chi connectivity index (χ2n) is 5.30. The highest BCUT2D eigenvalue weighted by Gasteiger charge is 2.20. The van der Waals surface area contributed by atoms with Gasteiger partial charge in [-0.1, -0.05) is 13.5 Å². The van der Waals surface area contributed by atoms with Crippen LogP contribution in [0.15, 0.2) is 42.2 Å². The van der Waals surface area contributed by atoms with Gasteiger partial charge < -0.3 is 4.98 Å². The summed E-state index contributed by atoms with van der Waals surface area (Å²) in [4.78, 5) is 2.68. The topological polar surface area (TPSA) is 104 Å². The standard InChI is InChI=1S/C16H14FN5O2S/c1-3-10(2)22-9-12(8-20-22)25(23,24)21-14-5-4-13(17)15-11(6-18)7-19-16(14)15/h4-5,7-9,19,21H,2-3H2,1H3. The SMILES string of the molecule is C=C(CC)n1cc(S(=O)(=O)Nc2ccc(F)c3c(C#N)c[nH]c23)cn1. The summed E-state index contributed by atoms with van der Waals surface area (Å²) in [7, 11) is -3.94. The van der Waals surface area contributed by atoms with Crippen LogP contribution in [-0.4, -0.2) is 23.2 Å². The maximum Gasteiger partial charge on any atom is 0.265 e. The third-order valence-corrected chi connectivity index (χ3v) is 5.07. The molecule has 0 radical (unpaired) electrons. The van der Waals surface area contributed by atoms with E-state index in [4.69, 9.17) is 5.26 Å². The molecule has 25 heavy (non-hydrogen) atoms. The van der Waals surface area contributed by atoms with E-state index in [2.05, 4.69) is 21.4 Å². The maximum absolute atomic E-state index is 14.0. The summed E-state index contributed by atoms with van der Waals surface area (Å²) in [5.41, 5.74) is 1.08. The highest BCUT2D eigenvalue weighted by molar-refractivity contribution is 7.92. The number of allylic oxidation sites excluding steroid dienone is 1. The number of anilines is 1. The van der Waals surface area contributed by atoms with Crippen molar-refractivity contribution >= 4 is 32.3 Å². The highest BCUT2D eigenvalue weighted by Crippen LogP contribution is 2.29. The normalized spacial score (nSPS) is 11.4. The number of nitriles is 1. The molecule has 0 fully saturated rings. The lowest BCUT2D eigenvalue weighted by Gasteiger charge is -2.08. The van der Waals surface area contributed by atoms with E-state index in [1.807, 2.05) is 13.0 Å². The lowest BCUT2D eigenvalue weighted by molar-refractivity contribution is 0.601. The van der Waals surface area contributed by atoms with Crippen LogP contribution in [0.5, 0.6) is 0 Å². The van der Waals surface area contributed by atoms with E-state index in [-0.39, 0.29) is 27.0 Å². The molecule has 0 atom stereocenters. The van der Waals surface area contributed by atoms with Gasteiger partial charge in [-0.2, -0.15) is 10.4 Å². The van der Waals surface area contributed by atoms with E-state index in [0.717, 1.165) is 6.07 Å². The molecule has 0 spiro atoms. The number of halogens is 1. The van der Waals surface area contributed by atoms with Gasteiger partial charge in [0.05, 0.1) is 34.5 Å². The molecule has 0 saturated heterocycles. The van der Waals surface area contributed by atoms with E-state index in [1.54, 1.807) is 0 Å². The lowest BCUT2D eigenvalue weighted by Crippen LogP contribution is -2.12. The van der Waals surface area contributed by atoms with Crippen LogP contribution in [0, 0.1) is 17.1 Å². The Morgan fingerprint density at radius 2 is 2.28 bits per heavy atom. The maximum atomic E-state index is 14.0. The Morgan fingerprint density at radius 1 is 1.52 bits per heavy atom. The first-order chi connectivity index (χ1) is 11.9. The first kappa shape index (κ1) is 16.7. The first-order valence-electron chi connectivity index (χ1n) is 7.32. The number of fused-ring (bicyclic) bond motifs is 1. The molecule has 0 bridgehead atoms. The van der Waals surface area contributed by atoms with Crippen molar-refractivity contribution in [3.63, 3.8) is 0 Å². The van der Waals surface area contributed by atoms with E-state index in [1.165, 1.54) is 29.3 Å². The van der Waals surface area contributed by atoms with Crippen molar-refractivity contribution in [1.82, 2.24) is 14.8 Å². The van der Waals surface area contributed by atoms with Crippen LogP contribution in [-0.2, 0) is 10.0 Å². The van der Waals surface area contributed by atoms with Gasteiger partial charge in [-0.15, -0.1) is 0 Å². The monoisotopic (exact) mass is 359 g/mol. The summed E-state index contributed by atoms with van der Waals surface area (Å²) in [5, 5.41) is 13.0. The second-order valence-corrected chi connectivity index (χ2v) is 6.99. The zero-order chi connectivity index (χ0) is 18.2. The molecule has 2 heterocycles. The molecule has 0 aliphatic rings. The summed E-state index contributed by atoms with van der Waals surface area (Å²) < 4.78 is 42.9. The quantitative estimate of drug-likeness (QED) is 0.730. The molecule has 3 rings (SSSR count). The number of aromatic nitrogens is 3. The summed E-state index contributed by atoms with van der Waals surface area (Å²) in [6, 6.07) is 4.27. The van der Waals surface area contributed by atoms with E-state index >= 15 is 0 Å². The van der Waals surface area contributed by atoms with Crippen molar-refractivity contribution in [2.45, 2.75) is 18.2 Å². The van der Waals surface area contributed by atoms with Crippen LogP contribution < -0.4 is 4.72 Å². The highest BCUT2D eigenvalue weighted by atomic mass is 32.2. The number of benzene rings is 1. The minimum Gasteiger partial charge on any atom is -0.358 e. The molecule has 0 unspecified atom stereocenters. The third-order valence-electron chi connectivity index (χ3n) is 3.75. The fourth-order valence-electron chi connectivity index (χ4n) is 2.36. The van der Waals surface area contributed by atoms with Crippen molar-refractivity contribution in [1.29, 1.82) is 5.26 Å². The minimum atomic E-state index is -3.94. The number of nitrogens with one attached hydrogen (secondary N) is 2. The zero-order valence-corrected chi connectivity index (χ0v) is 14.1. The summed E-state index contributed by atoms with van der Waals surface area (Å²) in [6.07, 6.45) is 4.50. The van der Waals surface area contributed by atoms with Crippen molar-refractivity contribution in [3.8, 4) is 6.07 Å². The molecule has 128 valence electrons. The Morgan fingerprint density at radius 3 is 2.96 bits per heavy atom. The van der Waals surface area contributed by atoms with Gasteiger partial charge in [0.15, 0.2) is 0 Å². The number of rotatable bonds is 5. The average Bonchev–Trinajstić information content (AvgIpc) is 3.24. The Labute approximate surface area is 143 Å². The first-order valence-corrected chi connectivity index (χ1v) is 8.81. The number of aromatic amines is 1. The minimum absolute atomic E-state index is 0.0396. The van der Waals surface area contributed by atoms with Crippen LogP contribution in [0.1, 0.15) is 18.9 Å². The molecule has 7 nitrogen and oxygen atoms in total. The summed E-state index contributed by atoms with van der Waals surface area (Å²) in [5.74, 6) is -0.609. The average molecular weight is 359 g/mol. The van der Waals surface area contributed by atoms with Crippen molar-refractivity contribution in [3.05, 3.63) is 48.7 Å². The fraction of sp³-hybridized carbons (Fsp3) is 0.125. The van der Waals surface area contributed by atoms with Gasteiger partial charge in [-0.05, 0) is 18.6 Å². The van der Waals surface area contributed by atoms with Gasteiger partial charge in [-0.3, -0.25) is 4.72 Å². The summed E-state index contributed by atoms with van der Waals surface area (Å²) >= 11 is 0. The number of nitrogens with zero attached hydrogens (tertiary/aromatic N) is 3. The zero-order valence-electron chi connectivity index (χ0n) is 13.2. The smallest absolute Gasteiger partial charge is 0.265 e. The van der Waals surface area contributed by atoms with Gasteiger partial charge in [0, 0.05) is 11.9 Å². The Hall–Kier alpha value is -3.12. The van der Waals surface area contributed by atoms with Crippen LogP contribution in [0.2, 0.25) is 0 Å². The third kappa shape index (κ3) is 2.88. The Kier molecular flexibility index (Phi) is 4.06. The van der Waals surface area contributed by atoms with Gasteiger partial charge in [0.1, 0.15) is 16.8 Å². The van der Waals surface area contributed by atoms with Gasteiger partial charge in [0.25, 0.3) is 10.0 Å². The van der Waals surface area contributed by atoms with Gasteiger partial charge in [0.2, 0.25) is 0 Å². The molecule has 1 aromatic carbocycles. The predicted octanol–water partition coefficient (Wildman–Crippen LogP) is 3.06. The van der Waals surface area contributed by atoms with Crippen molar-refractivity contribution < 1.29 is 12.8 Å². The fourth-order valence-corrected chi connectivity index (χ4v) is 3.37. The van der Waals surface area contributed by atoms with Gasteiger partial charge >= 0.3 is 0 Å². The molecule has 3 aromatic rings. The molecule has 0 aliphatic carbocycles. The molecule has 2 aromatic heterocycles. The number of hydrogen-bond donors (Lipinski definition) is 2. The molecule has 9 heteroatoms. The van der Waals surface area contributed by atoms with Crippen molar-refractivity contribution in [2.24, 2.45) is 0 Å². The Balaban J connectivity index is 2.02. The van der Waals surface area contributed by atoms with Crippen LogP contribution in [0.25, 0.3) is 16.6 Å². The lowest BCUT2D eigenvalue weighted by atomic mass is 10.1. The second kappa shape index (κ2) is 6.07. The number of H-pyrrole nitrogens is 1. The van der Waals surface area contributed by atoms with Gasteiger partial charge in [-0.25, -0.2) is 17.5 Å². The predicted molar refractivity (Wildman–Crippen MR) is 91.6 cm³/mol. The number of sulfonamides is 1. The van der Waals surface area contributed by atoms with Crippen LogP contribution >= 0.6 is 0 Å². The molecule has 0 saturated carbocycles. The molecule has 0 amide bonds. The molecule has 0 aliphatic heterocycles. The summed E-state index contributed by atoms with van der Waals surface area (Å²) in [6.45, 7) is 5.67. The molecule has 2 N–H and O–H groups in total. The Bertz CT molecular complexity index is 1120. The van der Waals surface area contributed by atoms with E-state index < -0.39 is 15.8 Å². The molecular formula is C16H14FN5O2S. The molecular weight excluding hydrogens is 345 g/mol. The van der Waals surface area contributed by atoms with E-state index in [0.29, 0.717) is 12.1 Å². The van der Waals surface area contributed by atoms with Crippen LogP contribution in [0.3, 0.4) is 0 Å². The van der Waals surface area contributed by atoms with E-state index in [9.17, 15) is 12.8 Å². The largest absolute Gasteiger partial charge is 0.358 e. The van der Waals surface area contributed by atoms with Crippen LogP contribution in [0.4, 0.5) is 10.1 Å². The van der Waals surface area contributed by atoms with Crippen molar-refractivity contribution in [2.75, 3.05) is 4.72 Å². The number of hydrogen-bond acceptors (Lipinski definition) is 4.